The first kappa shape index (κ1) is 39.0. The van der Waals surface area contributed by atoms with Gasteiger partial charge in [0.25, 0.3) is 0 Å². The Morgan fingerprint density at radius 1 is 1.04 bits per heavy atom. The second kappa shape index (κ2) is 18.9. The maximum absolute atomic E-state index is 13.4. The summed E-state index contributed by atoms with van der Waals surface area (Å²) in [4.78, 5) is 50.9. The number of rotatable bonds is 18. The molecule has 2 aromatic carbocycles. The SMILES string of the molecule is COc1ccc(CC(NC(=O)/C=C/C[C@H](OC(=O)[C@H](CC(C)C)OC(=O)C(C)(C)CN)C(C)/C=C/c2ccccc2)C(=O)O)cc1Cl. The predicted molar refractivity (Wildman–Crippen MR) is 182 cm³/mol. The van der Waals surface area contributed by atoms with E-state index in [4.69, 9.17) is 31.5 Å². The zero-order valence-corrected chi connectivity index (χ0v) is 28.7. The number of nitrogens with one attached hydrogen (secondary N) is 1. The van der Waals surface area contributed by atoms with Crippen LogP contribution in [0.1, 0.15) is 58.6 Å². The van der Waals surface area contributed by atoms with Crippen molar-refractivity contribution >= 4 is 41.5 Å². The zero-order chi connectivity index (χ0) is 35.1. The number of hydrogen-bond donors (Lipinski definition) is 3. The third-order valence-corrected chi connectivity index (χ3v) is 7.71. The van der Waals surface area contributed by atoms with Gasteiger partial charge in [-0.1, -0.05) is 87.0 Å². The molecule has 0 saturated carbocycles. The van der Waals surface area contributed by atoms with E-state index in [0.717, 1.165) is 5.56 Å². The second-order valence-corrected chi connectivity index (χ2v) is 12.8. The van der Waals surface area contributed by atoms with E-state index in [1.807, 2.05) is 63.3 Å². The number of methoxy groups -OCH3 is 1. The molecule has 2 aromatic rings. The average Bonchev–Trinajstić information content (AvgIpc) is 3.02. The van der Waals surface area contributed by atoms with Gasteiger partial charge in [-0.05, 0) is 55.5 Å². The van der Waals surface area contributed by atoms with Crippen LogP contribution >= 0.6 is 11.6 Å². The van der Waals surface area contributed by atoms with Crippen LogP contribution in [-0.2, 0) is 35.1 Å². The normalized spacial score (nSPS) is 14.4. The molecule has 0 fully saturated rings. The molecule has 0 radical (unpaired) electrons. The van der Waals surface area contributed by atoms with E-state index in [1.54, 1.807) is 32.0 Å². The molecule has 0 aromatic heterocycles. The lowest BCUT2D eigenvalue weighted by molar-refractivity contribution is -0.178. The van der Waals surface area contributed by atoms with E-state index >= 15 is 0 Å². The van der Waals surface area contributed by atoms with Crippen LogP contribution in [0.2, 0.25) is 5.02 Å². The van der Waals surface area contributed by atoms with Crippen molar-refractivity contribution in [1.29, 1.82) is 0 Å². The fourth-order valence-electron chi connectivity index (χ4n) is 4.34. The van der Waals surface area contributed by atoms with E-state index in [2.05, 4.69) is 5.32 Å². The first-order chi connectivity index (χ1) is 22.2. The smallest absolute Gasteiger partial charge is 0.347 e. The maximum atomic E-state index is 13.4. The van der Waals surface area contributed by atoms with Crippen LogP contribution in [0.3, 0.4) is 0 Å². The number of hydrogen-bond acceptors (Lipinski definition) is 8. The van der Waals surface area contributed by atoms with Gasteiger partial charge in [-0.2, -0.15) is 0 Å². The van der Waals surface area contributed by atoms with E-state index in [9.17, 15) is 24.3 Å². The van der Waals surface area contributed by atoms with E-state index in [-0.39, 0.29) is 37.6 Å². The molecule has 47 heavy (non-hydrogen) atoms. The van der Waals surface area contributed by atoms with Gasteiger partial charge in [0.05, 0.1) is 17.5 Å². The summed E-state index contributed by atoms with van der Waals surface area (Å²) in [6.45, 7) is 9.00. The molecule has 0 aliphatic carbocycles. The molecule has 4 N–H and O–H groups in total. The summed E-state index contributed by atoms with van der Waals surface area (Å²) in [5.41, 5.74) is 6.31. The summed E-state index contributed by atoms with van der Waals surface area (Å²) in [6, 6.07) is 13.3. The predicted octanol–water partition coefficient (Wildman–Crippen LogP) is 5.61. The summed E-state index contributed by atoms with van der Waals surface area (Å²) in [5.74, 6) is -2.99. The molecule has 4 atom stereocenters. The van der Waals surface area contributed by atoms with Crippen molar-refractivity contribution in [2.75, 3.05) is 13.7 Å². The molecule has 0 heterocycles. The molecule has 10 nitrogen and oxygen atoms in total. The number of halogens is 1. The Balaban J connectivity index is 2.22. The maximum Gasteiger partial charge on any atom is 0.347 e. The number of benzene rings is 2. The van der Waals surface area contributed by atoms with E-state index in [0.29, 0.717) is 16.3 Å². The molecule has 11 heteroatoms. The molecule has 2 rings (SSSR count). The van der Waals surface area contributed by atoms with Crippen molar-refractivity contribution in [3.63, 3.8) is 0 Å². The summed E-state index contributed by atoms with van der Waals surface area (Å²) in [7, 11) is 1.47. The summed E-state index contributed by atoms with van der Waals surface area (Å²) < 4.78 is 16.7. The minimum atomic E-state index is -1.22. The number of nitrogens with two attached hydrogens (primary N) is 1. The fourth-order valence-corrected chi connectivity index (χ4v) is 4.62. The first-order valence-electron chi connectivity index (χ1n) is 15.5. The van der Waals surface area contributed by atoms with Gasteiger partial charge in [0.2, 0.25) is 5.91 Å². The van der Waals surface area contributed by atoms with Crippen molar-refractivity contribution in [3.05, 3.63) is 82.9 Å². The molecular weight excluding hydrogens is 624 g/mol. The van der Waals surface area contributed by atoms with Crippen LogP contribution in [0.5, 0.6) is 5.75 Å². The Hall–Kier alpha value is -4.15. The van der Waals surface area contributed by atoms with Gasteiger partial charge in [0.1, 0.15) is 17.9 Å². The Labute approximate surface area is 282 Å². The number of carbonyl (C=O) groups is 4. The number of aliphatic carboxylic acids is 1. The standard InChI is InChI=1S/C36H47ClN2O8/c1-23(2)19-31(47-35(44)36(4,5)22-38)34(43)46-29(24(3)15-16-25-11-8-7-9-12-25)13-10-14-32(40)39-28(33(41)42)21-26-17-18-30(45-6)27(37)20-26/h7-12,14-18,20,23-24,28-29,31H,13,19,21-22,38H2,1-6H3,(H,39,40)(H,41,42)/b14-10+,16-15+/t24?,28?,29-,31-/m0/s1. The highest BCUT2D eigenvalue weighted by molar-refractivity contribution is 6.32. The number of esters is 2. The lowest BCUT2D eigenvalue weighted by atomic mass is 9.94. The number of carboxylic acids is 1. The largest absolute Gasteiger partial charge is 0.495 e. The topological polar surface area (TPSA) is 154 Å². The van der Waals surface area contributed by atoms with Gasteiger partial charge in [0.15, 0.2) is 6.10 Å². The third-order valence-electron chi connectivity index (χ3n) is 7.41. The van der Waals surface area contributed by atoms with Crippen molar-refractivity contribution in [2.45, 2.75) is 72.1 Å². The van der Waals surface area contributed by atoms with Crippen molar-refractivity contribution in [3.8, 4) is 5.75 Å². The number of carboxylic acid groups (broad SMARTS) is 1. The molecule has 0 aliphatic heterocycles. The lowest BCUT2D eigenvalue weighted by Gasteiger charge is -2.27. The van der Waals surface area contributed by atoms with Crippen LogP contribution in [0.4, 0.5) is 0 Å². The highest BCUT2D eigenvalue weighted by Gasteiger charge is 2.35. The highest BCUT2D eigenvalue weighted by atomic mass is 35.5. The van der Waals surface area contributed by atoms with Crippen molar-refractivity contribution < 1.29 is 38.5 Å². The number of amides is 1. The quantitative estimate of drug-likeness (QED) is 0.136. The zero-order valence-electron chi connectivity index (χ0n) is 27.9. The van der Waals surface area contributed by atoms with Gasteiger partial charge in [-0.15, -0.1) is 0 Å². The molecule has 2 unspecified atom stereocenters. The average molecular weight is 671 g/mol. The van der Waals surface area contributed by atoms with Gasteiger partial charge < -0.3 is 30.4 Å². The fraction of sp³-hybridized carbons (Fsp3) is 0.444. The Kier molecular flexibility index (Phi) is 15.7. The molecule has 0 spiro atoms. The van der Waals surface area contributed by atoms with Crippen LogP contribution in [0.25, 0.3) is 6.08 Å². The number of carbonyl (C=O) groups excluding carboxylic acids is 3. The summed E-state index contributed by atoms with van der Waals surface area (Å²) in [5, 5.41) is 12.5. The number of ether oxygens (including phenoxy) is 3. The molecule has 256 valence electrons. The van der Waals surface area contributed by atoms with Crippen LogP contribution in [-0.4, -0.2) is 60.8 Å². The van der Waals surface area contributed by atoms with E-state index < -0.39 is 47.5 Å². The van der Waals surface area contributed by atoms with Gasteiger partial charge in [-0.25, -0.2) is 9.59 Å². The second-order valence-electron chi connectivity index (χ2n) is 12.4. The van der Waals surface area contributed by atoms with E-state index in [1.165, 1.54) is 19.3 Å². The Morgan fingerprint density at radius 2 is 1.72 bits per heavy atom. The van der Waals surface area contributed by atoms with Gasteiger partial charge in [-0.3, -0.25) is 9.59 Å². The monoisotopic (exact) mass is 670 g/mol. The lowest BCUT2D eigenvalue weighted by Crippen LogP contribution is -2.41. The minimum absolute atomic E-state index is 0.00287. The van der Waals surface area contributed by atoms with Crippen molar-refractivity contribution in [2.24, 2.45) is 23.0 Å². The molecule has 1 amide bonds. The summed E-state index contributed by atoms with van der Waals surface area (Å²) >= 11 is 6.17. The third kappa shape index (κ3) is 13.2. The molecule has 0 saturated heterocycles. The van der Waals surface area contributed by atoms with Crippen LogP contribution < -0.4 is 15.8 Å². The summed E-state index contributed by atoms with van der Waals surface area (Å²) in [6.07, 6.45) is 5.02. The molecular formula is C36H47ClN2O8. The highest BCUT2D eigenvalue weighted by Crippen LogP contribution is 2.26. The van der Waals surface area contributed by atoms with Gasteiger partial charge in [0, 0.05) is 25.3 Å². The molecule has 0 aliphatic rings. The first-order valence-corrected chi connectivity index (χ1v) is 15.9. The minimum Gasteiger partial charge on any atom is -0.495 e. The van der Waals surface area contributed by atoms with Crippen molar-refractivity contribution in [1.82, 2.24) is 5.32 Å². The Bertz CT molecular complexity index is 1410. The van der Waals surface area contributed by atoms with Crippen LogP contribution in [0.15, 0.2) is 66.8 Å². The van der Waals surface area contributed by atoms with Crippen LogP contribution in [0, 0.1) is 17.3 Å². The molecule has 0 bridgehead atoms. The van der Waals surface area contributed by atoms with Gasteiger partial charge >= 0.3 is 17.9 Å². The Morgan fingerprint density at radius 3 is 2.30 bits per heavy atom.